The monoisotopic (exact) mass is 284 g/mol. The maximum Gasteiger partial charge on any atom is 0.103 e. The molecule has 0 amide bonds. The second-order valence-electron chi connectivity index (χ2n) is 5.95. The van der Waals surface area contributed by atoms with E-state index in [1.165, 1.54) is 30.4 Å². The number of nitrogens with zero attached hydrogens (tertiary/aromatic N) is 3. The van der Waals surface area contributed by atoms with Gasteiger partial charge in [-0.2, -0.15) is 0 Å². The summed E-state index contributed by atoms with van der Waals surface area (Å²) in [4.78, 5) is 0. The summed E-state index contributed by atoms with van der Waals surface area (Å²) in [5.74, 6) is 0. The zero-order chi connectivity index (χ0) is 14.8. The van der Waals surface area contributed by atoms with Gasteiger partial charge in [0.05, 0.1) is 17.4 Å². The molecule has 1 N–H and O–H groups in total. The van der Waals surface area contributed by atoms with Gasteiger partial charge in [0.25, 0.3) is 0 Å². The molecule has 1 aromatic heterocycles. The van der Waals surface area contributed by atoms with Crippen molar-refractivity contribution in [2.24, 2.45) is 0 Å². The van der Waals surface area contributed by atoms with Gasteiger partial charge in [-0.1, -0.05) is 18.2 Å². The SMILES string of the molecule is CCCNC(C)c1nnn(-c2ccc3c(c2)CCC3)c1C. The minimum atomic E-state index is 0.244. The average molecular weight is 284 g/mol. The highest BCUT2D eigenvalue weighted by Crippen LogP contribution is 2.25. The molecule has 0 saturated heterocycles. The van der Waals surface area contributed by atoms with Crippen LogP contribution in [0.2, 0.25) is 0 Å². The molecule has 1 heterocycles. The van der Waals surface area contributed by atoms with Gasteiger partial charge in [0, 0.05) is 0 Å². The molecule has 0 radical (unpaired) electrons. The van der Waals surface area contributed by atoms with Crippen LogP contribution in [0.3, 0.4) is 0 Å². The number of aromatic nitrogens is 3. The van der Waals surface area contributed by atoms with Crippen molar-refractivity contribution >= 4 is 0 Å². The standard InChI is InChI=1S/C17H24N4/c1-4-10-18-12(2)17-13(3)21(20-19-17)16-9-8-14-6-5-7-15(14)11-16/h8-9,11-12,18H,4-7,10H2,1-3H3. The van der Waals surface area contributed by atoms with Gasteiger partial charge in [0.1, 0.15) is 5.69 Å². The van der Waals surface area contributed by atoms with E-state index < -0.39 is 0 Å². The van der Waals surface area contributed by atoms with Crippen molar-refractivity contribution in [2.75, 3.05) is 6.54 Å². The van der Waals surface area contributed by atoms with E-state index >= 15 is 0 Å². The first-order valence-corrected chi connectivity index (χ1v) is 7.98. The Morgan fingerprint density at radius 2 is 2.10 bits per heavy atom. The van der Waals surface area contributed by atoms with E-state index in [-0.39, 0.29) is 6.04 Å². The van der Waals surface area contributed by atoms with Crippen molar-refractivity contribution in [3.05, 3.63) is 40.7 Å². The quantitative estimate of drug-likeness (QED) is 0.917. The third kappa shape index (κ3) is 2.72. The lowest BCUT2D eigenvalue weighted by Crippen LogP contribution is -2.20. The van der Waals surface area contributed by atoms with Gasteiger partial charge >= 0.3 is 0 Å². The molecule has 1 unspecified atom stereocenters. The normalized spacial score (nSPS) is 15.2. The molecule has 112 valence electrons. The maximum atomic E-state index is 4.39. The molecule has 21 heavy (non-hydrogen) atoms. The molecular formula is C17H24N4. The van der Waals surface area contributed by atoms with Crippen LogP contribution in [0.25, 0.3) is 5.69 Å². The first-order chi connectivity index (χ1) is 10.2. The van der Waals surface area contributed by atoms with E-state index in [0.29, 0.717) is 0 Å². The van der Waals surface area contributed by atoms with E-state index in [4.69, 9.17) is 0 Å². The topological polar surface area (TPSA) is 42.7 Å². The smallest absolute Gasteiger partial charge is 0.103 e. The van der Waals surface area contributed by atoms with Gasteiger partial charge < -0.3 is 5.32 Å². The molecule has 1 aliphatic rings. The summed E-state index contributed by atoms with van der Waals surface area (Å²) in [5, 5.41) is 12.2. The van der Waals surface area contributed by atoms with Gasteiger partial charge in [0.2, 0.25) is 0 Å². The van der Waals surface area contributed by atoms with Crippen LogP contribution in [0.4, 0.5) is 0 Å². The number of fused-ring (bicyclic) bond motifs is 1. The van der Waals surface area contributed by atoms with Crippen LogP contribution in [0, 0.1) is 6.92 Å². The second-order valence-corrected chi connectivity index (χ2v) is 5.95. The van der Waals surface area contributed by atoms with Crippen LogP contribution in [0.5, 0.6) is 0 Å². The highest BCUT2D eigenvalue weighted by molar-refractivity contribution is 5.43. The minimum Gasteiger partial charge on any atom is -0.309 e. The Hall–Kier alpha value is -1.68. The molecule has 1 aliphatic carbocycles. The summed E-state index contributed by atoms with van der Waals surface area (Å²) in [5.41, 5.74) is 6.28. The summed E-state index contributed by atoms with van der Waals surface area (Å²) in [6, 6.07) is 6.93. The Morgan fingerprint density at radius 1 is 1.29 bits per heavy atom. The summed E-state index contributed by atoms with van der Waals surface area (Å²) in [6.07, 6.45) is 4.81. The van der Waals surface area contributed by atoms with Gasteiger partial charge in [0.15, 0.2) is 0 Å². The Bertz CT molecular complexity index is 630. The van der Waals surface area contributed by atoms with E-state index in [2.05, 4.69) is 54.6 Å². The van der Waals surface area contributed by atoms with E-state index in [9.17, 15) is 0 Å². The molecule has 1 atom stereocenters. The third-order valence-corrected chi connectivity index (χ3v) is 4.37. The molecule has 4 heteroatoms. The van der Waals surface area contributed by atoms with Crippen molar-refractivity contribution < 1.29 is 0 Å². The molecule has 2 aromatic rings. The minimum absolute atomic E-state index is 0.244. The molecule has 0 bridgehead atoms. The van der Waals surface area contributed by atoms with E-state index in [1.54, 1.807) is 0 Å². The van der Waals surface area contributed by atoms with Gasteiger partial charge in [-0.3, -0.25) is 0 Å². The highest BCUT2D eigenvalue weighted by Gasteiger charge is 2.17. The highest BCUT2D eigenvalue weighted by atomic mass is 15.4. The first kappa shape index (κ1) is 14.3. The van der Waals surface area contributed by atoms with Crippen LogP contribution in [0.15, 0.2) is 18.2 Å². The molecule has 0 fully saturated rings. The zero-order valence-electron chi connectivity index (χ0n) is 13.2. The third-order valence-electron chi connectivity index (χ3n) is 4.37. The predicted molar refractivity (Wildman–Crippen MR) is 84.8 cm³/mol. The summed E-state index contributed by atoms with van der Waals surface area (Å²) >= 11 is 0. The predicted octanol–water partition coefficient (Wildman–Crippen LogP) is 3.13. The van der Waals surface area contributed by atoms with Crippen LogP contribution < -0.4 is 5.32 Å². The number of aryl methyl sites for hydroxylation is 2. The van der Waals surface area contributed by atoms with Crippen LogP contribution in [0.1, 0.15) is 55.2 Å². The largest absolute Gasteiger partial charge is 0.309 e. The van der Waals surface area contributed by atoms with Crippen LogP contribution in [-0.2, 0) is 12.8 Å². The number of rotatable bonds is 5. The molecule has 0 spiro atoms. The second kappa shape index (κ2) is 5.98. The fraction of sp³-hybridized carbons (Fsp3) is 0.529. The number of nitrogens with one attached hydrogen (secondary N) is 1. The van der Waals surface area contributed by atoms with Crippen LogP contribution >= 0.6 is 0 Å². The fourth-order valence-electron chi connectivity index (χ4n) is 3.13. The maximum absolute atomic E-state index is 4.39. The Labute approximate surface area is 126 Å². The lowest BCUT2D eigenvalue weighted by Gasteiger charge is -2.12. The van der Waals surface area contributed by atoms with Gasteiger partial charge in [-0.15, -0.1) is 5.10 Å². The Balaban J connectivity index is 1.88. The summed E-state index contributed by atoms with van der Waals surface area (Å²) < 4.78 is 1.97. The number of hydrogen-bond donors (Lipinski definition) is 1. The molecule has 1 aromatic carbocycles. The zero-order valence-corrected chi connectivity index (χ0v) is 13.2. The lowest BCUT2D eigenvalue weighted by molar-refractivity contribution is 0.555. The molecule has 0 saturated carbocycles. The van der Waals surface area contributed by atoms with E-state index in [1.807, 2.05) is 4.68 Å². The molecule has 0 aliphatic heterocycles. The Morgan fingerprint density at radius 3 is 2.90 bits per heavy atom. The number of hydrogen-bond acceptors (Lipinski definition) is 3. The molecule has 4 nitrogen and oxygen atoms in total. The lowest BCUT2D eigenvalue weighted by atomic mass is 10.1. The number of benzene rings is 1. The average Bonchev–Trinajstić information content (AvgIpc) is 3.10. The first-order valence-electron chi connectivity index (χ1n) is 7.98. The van der Waals surface area contributed by atoms with Crippen molar-refractivity contribution in [2.45, 2.75) is 52.5 Å². The summed E-state index contributed by atoms with van der Waals surface area (Å²) in [6.45, 7) is 7.44. The molecule has 3 rings (SSSR count). The molecular weight excluding hydrogens is 260 g/mol. The van der Waals surface area contributed by atoms with Crippen LogP contribution in [-0.4, -0.2) is 21.5 Å². The van der Waals surface area contributed by atoms with Gasteiger partial charge in [-0.25, -0.2) is 4.68 Å². The van der Waals surface area contributed by atoms with Crippen molar-refractivity contribution in [1.29, 1.82) is 0 Å². The van der Waals surface area contributed by atoms with Crippen molar-refractivity contribution in [3.63, 3.8) is 0 Å². The summed E-state index contributed by atoms with van der Waals surface area (Å²) in [7, 11) is 0. The van der Waals surface area contributed by atoms with Gasteiger partial charge in [-0.05, 0) is 69.3 Å². The van der Waals surface area contributed by atoms with Crippen molar-refractivity contribution in [3.8, 4) is 5.69 Å². The Kier molecular flexibility index (Phi) is 4.06. The fourth-order valence-corrected chi connectivity index (χ4v) is 3.13. The van der Waals surface area contributed by atoms with E-state index in [0.717, 1.165) is 30.0 Å². The van der Waals surface area contributed by atoms with Crippen molar-refractivity contribution in [1.82, 2.24) is 20.3 Å².